The highest BCUT2D eigenvalue weighted by Crippen LogP contribution is 2.30. The molecule has 26 heavy (non-hydrogen) atoms. The van der Waals surface area contributed by atoms with Crippen LogP contribution in [-0.2, 0) is 6.54 Å². The fourth-order valence-electron chi connectivity index (χ4n) is 2.83. The number of hydrogen-bond acceptors (Lipinski definition) is 5. The van der Waals surface area contributed by atoms with Crippen LogP contribution in [0.1, 0.15) is 16.8 Å². The fraction of sp³-hybridized carbons (Fsp3) is 0.150. The number of nitrogens with zero attached hydrogens (tertiary/aromatic N) is 3. The summed E-state index contributed by atoms with van der Waals surface area (Å²) < 4.78 is 12.3. The molecule has 4 aromatic rings. The summed E-state index contributed by atoms with van der Waals surface area (Å²) in [6, 6.07) is 14.8. The summed E-state index contributed by atoms with van der Waals surface area (Å²) in [6.45, 7) is 4.22. The Morgan fingerprint density at radius 2 is 1.88 bits per heavy atom. The zero-order valence-corrected chi connectivity index (χ0v) is 14.5. The lowest BCUT2D eigenvalue weighted by Gasteiger charge is -2.10. The van der Waals surface area contributed by atoms with Crippen LogP contribution in [0.25, 0.3) is 22.8 Å². The topological polar surface area (TPSA) is 74.1 Å². The number of aromatic nitrogens is 3. The minimum absolute atomic E-state index is 0.215. The van der Waals surface area contributed by atoms with Crippen LogP contribution in [0.3, 0.4) is 0 Å². The van der Waals surface area contributed by atoms with Crippen molar-refractivity contribution in [2.45, 2.75) is 20.4 Å². The van der Waals surface area contributed by atoms with E-state index in [1.54, 1.807) is 24.5 Å². The first-order valence-electron chi connectivity index (χ1n) is 8.26. The van der Waals surface area contributed by atoms with Gasteiger partial charge in [-0.25, -0.2) is 4.68 Å². The van der Waals surface area contributed by atoms with Crippen molar-refractivity contribution in [2.24, 2.45) is 0 Å². The third-order valence-corrected chi connectivity index (χ3v) is 4.23. The van der Waals surface area contributed by atoms with Gasteiger partial charge in [0.15, 0.2) is 11.5 Å². The quantitative estimate of drug-likeness (QED) is 0.561. The smallest absolute Gasteiger partial charge is 0.267 e. The molecule has 0 unspecified atom stereocenters. The van der Waals surface area contributed by atoms with E-state index in [4.69, 9.17) is 8.94 Å². The summed E-state index contributed by atoms with van der Waals surface area (Å²) in [6.07, 6.45) is 1.57. The van der Waals surface area contributed by atoms with Gasteiger partial charge >= 0.3 is 0 Å². The Kier molecular flexibility index (Phi) is 4.01. The first-order chi connectivity index (χ1) is 12.6. The highest BCUT2D eigenvalue weighted by atomic mass is 16.5. The molecule has 0 atom stereocenters. The largest absolute Gasteiger partial charge is 0.463 e. The summed E-state index contributed by atoms with van der Waals surface area (Å²) >= 11 is 0. The van der Waals surface area contributed by atoms with E-state index in [9.17, 15) is 4.79 Å². The third kappa shape index (κ3) is 2.97. The number of rotatable bonds is 4. The van der Waals surface area contributed by atoms with Crippen molar-refractivity contribution in [3.05, 3.63) is 82.0 Å². The second-order valence-corrected chi connectivity index (χ2v) is 6.14. The molecule has 3 aromatic heterocycles. The molecule has 0 saturated carbocycles. The monoisotopic (exact) mass is 347 g/mol. The van der Waals surface area contributed by atoms with Gasteiger partial charge in [-0.3, -0.25) is 4.79 Å². The van der Waals surface area contributed by atoms with Crippen molar-refractivity contribution in [1.82, 2.24) is 14.9 Å². The van der Waals surface area contributed by atoms with E-state index in [1.165, 1.54) is 10.7 Å². The fourth-order valence-corrected chi connectivity index (χ4v) is 2.83. The molecule has 4 rings (SSSR count). The molecule has 0 N–H and O–H groups in total. The summed E-state index contributed by atoms with van der Waals surface area (Å²) in [5, 5.41) is 8.46. The zero-order valence-electron chi connectivity index (χ0n) is 14.5. The lowest BCUT2D eigenvalue weighted by Crippen LogP contribution is -2.24. The van der Waals surface area contributed by atoms with E-state index >= 15 is 0 Å². The van der Waals surface area contributed by atoms with Crippen molar-refractivity contribution in [2.75, 3.05) is 0 Å². The minimum atomic E-state index is -0.215. The van der Waals surface area contributed by atoms with Crippen LogP contribution in [0, 0.1) is 13.8 Å². The standard InChI is InChI=1S/C20H17N3O3/c1-13-6-3-4-7-15(13)12-23-19(24)11-16(18-10-14(2)22-26-18)20(21-23)17-8-5-9-25-17/h3-11H,12H2,1-2H3. The van der Waals surface area contributed by atoms with Crippen molar-refractivity contribution < 1.29 is 8.94 Å². The summed E-state index contributed by atoms with van der Waals surface area (Å²) in [7, 11) is 0. The molecule has 6 heteroatoms. The molecule has 0 bridgehead atoms. The van der Waals surface area contributed by atoms with Gasteiger partial charge in [0.2, 0.25) is 0 Å². The maximum Gasteiger partial charge on any atom is 0.267 e. The highest BCUT2D eigenvalue weighted by molar-refractivity contribution is 5.74. The van der Waals surface area contributed by atoms with Crippen LogP contribution in [0.15, 0.2) is 68.5 Å². The molecular weight excluding hydrogens is 330 g/mol. The molecule has 130 valence electrons. The van der Waals surface area contributed by atoms with Gasteiger partial charge in [-0.15, -0.1) is 0 Å². The van der Waals surface area contributed by atoms with Gasteiger partial charge in [0.25, 0.3) is 5.56 Å². The van der Waals surface area contributed by atoms with Gasteiger partial charge < -0.3 is 8.94 Å². The van der Waals surface area contributed by atoms with Crippen LogP contribution in [0.5, 0.6) is 0 Å². The molecule has 0 spiro atoms. The number of furan rings is 1. The SMILES string of the molecule is Cc1cc(-c2cc(=O)n(Cc3ccccc3C)nc2-c2ccco2)on1. The lowest BCUT2D eigenvalue weighted by molar-refractivity contribution is 0.426. The van der Waals surface area contributed by atoms with Crippen LogP contribution in [-0.4, -0.2) is 14.9 Å². The number of hydrogen-bond donors (Lipinski definition) is 0. The van der Waals surface area contributed by atoms with Gasteiger partial charge in [0.1, 0.15) is 5.69 Å². The second-order valence-electron chi connectivity index (χ2n) is 6.14. The van der Waals surface area contributed by atoms with E-state index in [0.29, 0.717) is 29.3 Å². The third-order valence-electron chi connectivity index (χ3n) is 4.23. The zero-order chi connectivity index (χ0) is 18.1. The van der Waals surface area contributed by atoms with Gasteiger partial charge in [-0.2, -0.15) is 5.10 Å². The summed E-state index contributed by atoms with van der Waals surface area (Å²) in [4.78, 5) is 12.7. The Balaban J connectivity index is 1.86. The van der Waals surface area contributed by atoms with E-state index in [-0.39, 0.29) is 5.56 Å². The predicted molar refractivity (Wildman–Crippen MR) is 96.7 cm³/mol. The molecule has 0 aliphatic rings. The molecule has 1 aromatic carbocycles. The highest BCUT2D eigenvalue weighted by Gasteiger charge is 2.18. The normalized spacial score (nSPS) is 11.0. The van der Waals surface area contributed by atoms with Crippen LogP contribution >= 0.6 is 0 Å². The van der Waals surface area contributed by atoms with Crippen molar-refractivity contribution in [1.29, 1.82) is 0 Å². The maximum absolute atomic E-state index is 12.7. The first kappa shape index (κ1) is 16.1. The van der Waals surface area contributed by atoms with Gasteiger partial charge in [0.05, 0.1) is 24.1 Å². The van der Waals surface area contributed by atoms with Gasteiger partial charge in [-0.05, 0) is 37.1 Å². The second kappa shape index (κ2) is 6.48. The predicted octanol–water partition coefficient (Wildman–Crippen LogP) is 3.82. The summed E-state index contributed by atoms with van der Waals surface area (Å²) in [5.74, 6) is 1.05. The molecule has 6 nitrogen and oxygen atoms in total. The Bertz CT molecular complexity index is 1110. The molecule has 0 aliphatic carbocycles. The number of benzene rings is 1. The Morgan fingerprint density at radius 3 is 2.58 bits per heavy atom. The number of aryl methyl sites for hydroxylation is 2. The van der Waals surface area contributed by atoms with Crippen LogP contribution < -0.4 is 5.56 Å². The molecule has 0 saturated heterocycles. The van der Waals surface area contributed by atoms with Gasteiger partial charge in [0, 0.05) is 12.1 Å². The van der Waals surface area contributed by atoms with E-state index in [2.05, 4.69) is 10.3 Å². The molecular formula is C20H17N3O3. The molecule has 0 fully saturated rings. The minimum Gasteiger partial charge on any atom is -0.463 e. The first-order valence-corrected chi connectivity index (χ1v) is 8.26. The van der Waals surface area contributed by atoms with Gasteiger partial charge in [-0.1, -0.05) is 29.4 Å². The maximum atomic E-state index is 12.7. The molecule has 0 amide bonds. The van der Waals surface area contributed by atoms with Crippen LogP contribution in [0.2, 0.25) is 0 Å². The van der Waals surface area contributed by atoms with E-state index in [1.807, 2.05) is 38.1 Å². The van der Waals surface area contributed by atoms with Crippen molar-refractivity contribution in [3.63, 3.8) is 0 Å². The van der Waals surface area contributed by atoms with E-state index < -0.39 is 0 Å². The average Bonchev–Trinajstić information content (AvgIpc) is 3.30. The molecule has 0 radical (unpaired) electrons. The van der Waals surface area contributed by atoms with Crippen molar-refractivity contribution in [3.8, 4) is 22.8 Å². The Labute approximate surface area is 149 Å². The summed E-state index contributed by atoms with van der Waals surface area (Å²) in [5.41, 5.74) is 3.76. The van der Waals surface area contributed by atoms with E-state index in [0.717, 1.165) is 16.8 Å². The molecule has 0 aliphatic heterocycles. The average molecular weight is 347 g/mol. The van der Waals surface area contributed by atoms with Crippen molar-refractivity contribution >= 4 is 0 Å². The Hall–Kier alpha value is -3.41. The molecule has 3 heterocycles. The lowest BCUT2D eigenvalue weighted by atomic mass is 10.1. The Morgan fingerprint density at radius 1 is 1.04 bits per heavy atom. The van der Waals surface area contributed by atoms with Crippen LogP contribution in [0.4, 0.5) is 0 Å².